The van der Waals surface area contributed by atoms with E-state index in [-0.39, 0.29) is 44.9 Å². The molecule has 0 bridgehead atoms. The van der Waals surface area contributed by atoms with Gasteiger partial charge < -0.3 is 14.8 Å². The number of benzene rings is 1. The first-order valence-corrected chi connectivity index (χ1v) is 6.07. The van der Waals surface area contributed by atoms with Crippen molar-refractivity contribution in [3.05, 3.63) is 48.2 Å². The van der Waals surface area contributed by atoms with E-state index in [0.29, 0.717) is 6.42 Å². The zero-order valence-electron chi connectivity index (χ0n) is 10.8. The summed E-state index contributed by atoms with van der Waals surface area (Å²) in [6.07, 6.45) is 3.90. The van der Waals surface area contributed by atoms with Crippen molar-refractivity contribution in [2.75, 3.05) is 13.9 Å². The maximum Gasteiger partial charge on any atom is 0.188 e. The van der Waals surface area contributed by atoms with Gasteiger partial charge in [0.2, 0.25) is 0 Å². The summed E-state index contributed by atoms with van der Waals surface area (Å²) in [5.41, 5.74) is 2.75. The van der Waals surface area contributed by atoms with E-state index >= 15 is 0 Å². The van der Waals surface area contributed by atoms with Crippen LogP contribution >= 0.6 is 11.6 Å². The molecule has 19 heavy (non-hydrogen) atoms. The number of methoxy groups -OCH3 is 1. The summed E-state index contributed by atoms with van der Waals surface area (Å²) in [7, 11) is 1.59. The molecule has 3 nitrogen and oxygen atoms in total. The second-order valence-corrected chi connectivity index (χ2v) is 4.48. The molecule has 2 rings (SSSR count). The Morgan fingerprint density at radius 3 is 2.68 bits per heavy atom. The van der Waals surface area contributed by atoms with E-state index in [9.17, 15) is 0 Å². The van der Waals surface area contributed by atoms with Gasteiger partial charge >= 0.3 is 0 Å². The fourth-order valence-electron chi connectivity index (χ4n) is 1.62. The molecule has 0 saturated carbocycles. The average Bonchev–Trinajstić information content (AvgIpc) is 2.40. The molecule has 1 atom stereocenters. The van der Waals surface area contributed by atoms with Gasteiger partial charge in [-0.15, -0.1) is 29.4 Å². The standard InChI is InChI=1S/C14H15ClNO2.Y/c1-10-13(15)7-8-14(16-10)11-3-5-12(6-4-11)18-9-17-2;/h3-6,13,16H,1,7,9H2,2H3;/q-1;. The molecule has 99 valence electrons. The van der Waals surface area contributed by atoms with Crippen molar-refractivity contribution in [2.24, 2.45) is 0 Å². The van der Waals surface area contributed by atoms with Gasteiger partial charge in [-0.1, -0.05) is 13.0 Å². The maximum atomic E-state index is 6.03. The predicted molar refractivity (Wildman–Crippen MR) is 72.1 cm³/mol. The Morgan fingerprint density at radius 1 is 1.42 bits per heavy atom. The van der Waals surface area contributed by atoms with Crippen molar-refractivity contribution in [2.45, 2.75) is 11.8 Å². The second-order valence-electron chi connectivity index (χ2n) is 3.95. The Kier molecular flexibility index (Phi) is 7.08. The molecule has 0 aromatic heterocycles. The van der Waals surface area contributed by atoms with E-state index in [1.54, 1.807) is 7.11 Å². The van der Waals surface area contributed by atoms with Crippen LogP contribution in [0, 0.1) is 6.08 Å². The molecule has 1 aliphatic rings. The third-order valence-electron chi connectivity index (χ3n) is 2.61. The molecular formula is C14H15ClNO2Y-. The average molecular weight is 354 g/mol. The van der Waals surface area contributed by atoms with Gasteiger partial charge in [-0.05, 0) is 12.1 Å². The number of hydrogen-bond donors (Lipinski definition) is 1. The van der Waals surface area contributed by atoms with Crippen LogP contribution in [0.4, 0.5) is 0 Å². The van der Waals surface area contributed by atoms with Crippen LogP contribution in [0.1, 0.15) is 12.0 Å². The normalized spacial score (nSPS) is 18.1. The minimum absolute atomic E-state index is 0. The second kappa shape index (κ2) is 8.06. The molecule has 1 N–H and O–H groups in total. The zero-order valence-corrected chi connectivity index (χ0v) is 14.4. The summed E-state index contributed by atoms with van der Waals surface area (Å²) in [5, 5.41) is 3.07. The van der Waals surface area contributed by atoms with Gasteiger partial charge in [-0.2, -0.15) is 5.56 Å². The Hall–Kier alpha value is -0.346. The topological polar surface area (TPSA) is 30.5 Å². The van der Waals surface area contributed by atoms with Crippen molar-refractivity contribution >= 4 is 17.3 Å². The zero-order chi connectivity index (χ0) is 13.0. The van der Waals surface area contributed by atoms with E-state index in [1.165, 1.54) is 0 Å². The number of hydrogen-bond acceptors (Lipinski definition) is 3. The molecule has 1 unspecified atom stereocenters. The molecule has 0 fully saturated rings. The summed E-state index contributed by atoms with van der Waals surface area (Å²) < 4.78 is 10.2. The first-order chi connectivity index (χ1) is 8.70. The van der Waals surface area contributed by atoms with E-state index in [2.05, 4.69) is 18.0 Å². The van der Waals surface area contributed by atoms with E-state index in [0.717, 1.165) is 22.7 Å². The molecule has 1 aromatic carbocycles. The van der Waals surface area contributed by atoms with E-state index < -0.39 is 0 Å². The molecule has 5 heteroatoms. The molecule has 0 aliphatic carbocycles. The van der Waals surface area contributed by atoms with Crippen molar-refractivity contribution in [1.29, 1.82) is 0 Å². The van der Waals surface area contributed by atoms with Gasteiger partial charge in [0.25, 0.3) is 0 Å². The van der Waals surface area contributed by atoms with Crippen molar-refractivity contribution in [3.8, 4) is 5.75 Å². The first kappa shape index (κ1) is 16.7. The fraction of sp³-hybridized carbons (Fsp3) is 0.286. The number of alkyl halides is 1. The smallest absolute Gasteiger partial charge is 0.188 e. The quantitative estimate of drug-likeness (QED) is 0.513. The monoisotopic (exact) mass is 353 g/mol. The summed E-state index contributed by atoms with van der Waals surface area (Å²) >= 11 is 6.03. The Balaban J connectivity index is 0.00000180. The van der Waals surface area contributed by atoms with Gasteiger partial charge in [-0.25, -0.2) is 6.08 Å². The van der Waals surface area contributed by atoms with Crippen molar-refractivity contribution in [3.63, 3.8) is 0 Å². The molecule has 0 spiro atoms. The minimum Gasteiger partial charge on any atom is -0.468 e. The Bertz CT molecular complexity index is 459. The third-order valence-corrected chi connectivity index (χ3v) is 3.03. The summed E-state index contributed by atoms with van der Waals surface area (Å²) in [4.78, 5) is 0. The Labute approximate surface area is 143 Å². The first-order valence-electron chi connectivity index (χ1n) is 5.63. The Morgan fingerprint density at radius 2 is 2.11 bits per heavy atom. The third kappa shape index (κ3) is 4.60. The van der Waals surface area contributed by atoms with Crippen LogP contribution < -0.4 is 10.1 Å². The van der Waals surface area contributed by atoms with Crippen LogP contribution in [0.3, 0.4) is 0 Å². The molecule has 1 aromatic rings. The molecule has 1 aliphatic heterocycles. The van der Waals surface area contributed by atoms with E-state index in [4.69, 9.17) is 21.1 Å². The molecule has 1 heterocycles. The van der Waals surface area contributed by atoms with Crippen LogP contribution in [-0.2, 0) is 37.4 Å². The van der Waals surface area contributed by atoms with Crippen LogP contribution in [0.15, 0.2) is 36.5 Å². The van der Waals surface area contributed by atoms with Crippen molar-refractivity contribution < 1.29 is 42.2 Å². The van der Waals surface area contributed by atoms with Gasteiger partial charge in [-0.3, -0.25) is 0 Å². The number of ether oxygens (including phenoxy) is 2. The number of allylic oxidation sites excluding steroid dienone is 2. The SMILES string of the molecule is C=C1NC(c2ccc(OCOC)cc2)=[C-]CC1Cl.[Y]. The summed E-state index contributed by atoms with van der Waals surface area (Å²) in [5.74, 6) is 0.769. The van der Waals surface area contributed by atoms with Gasteiger partial charge in [0.1, 0.15) is 5.75 Å². The largest absolute Gasteiger partial charge is 0.468 e. The summed E-state index contributed by atoms with van der Waals surface area (Å²) in [6, 6.07) is 7.70. The molecule has 0 amide bonds. The molecular weight excluding hydrogens is 339 g/mol. The fourth-order valence-corrected chi connectivity index (χ4v) is 1.75. The molecule has 1 radical (unpaired) electrons. The number of nitrogens with one attached hydrogen (secondary N) is 1. The van der Waals surface area contributed by atoms with Crippen LogP contribution in [0.25, 0.3) is 5.70 Å². The predicted octanol–water partition coefficient (Wildman–Crippen LogP) is 2.93. The summed E-state index contributed by atoms with van der Waals surface area (Å²) in [6.45, 7) is 4.13. The van der Waals surface area contributed by atoms with Gasteiger partial charge in [0.05, 0.1) is 5.38 Å². The maximum absolute atomic E-state index is 6.03. The number of halogens is 1. The van der Waals surface area contributed by atoms with Crippen LogP contribution in [-0.4, -0.2) is 19.3 Å². The van der Waals surface area contributed by atoms with Gasteiger partial charge in [0, 0.05) is 45.5 Å². The van der Waals surface area contributed by atoms with E-state index in [1.807, 2.05) is 24.3 Å². The number of rotatable bonds is 4. The van der Waals surface area contributed by atoms with Crippen LogP contribution in [0.2, 0.25) is 0 Å². The van der Waals surface area contributed by atoms with Crippen LogP contribution in [0.5, 0.6) is 5.75 Å². The van der Waals surface area contributed by atoms with Crippen molar-refractivity contribution in [1.82, 2.24) is 5.32 Å². The van der Waals surface area contributed by atoms with Gasteiger partial charge in [0.15, 0.2) is 6.79 Å². The molecule has 0 saturated heterocycles. The minimum atomic E-state index is -0.0851.